The Morgan fingerprint density at radius 1 is 1.40 bits per heavy atom. The molecule has 15 heavy (non-hydrogen) atoms. The molecule has 0 aromatic carbocycles. The predicted octanol–water partition coefficient (Wildman–Crippen LogP) is -0.893. The highest BCUT2D eigenvalue weighted by Gasteiger charge is 2.41. The first-order chi connectivity index (χ1) is 7.15. The van der Waals surface area contributed by atoms with Gasteiger partial charge in [0.1, 0.15) is 0 Å². The van der Waals surface area contributed by atoms with Crippen LogP contribution in [0.2, 0.25) is 0 Å². The van der Waals surface area contributed by atoms with Crippen LogP contribution in [0.15, 0.2) is 0 Å². The zero-order valence-corrected chi connectivity index (χ0v) is 9.30. The molecule has 1 heterocycles. The second-order valence-corrected chi connectivity index (χ2v) is 3.99. The van der Waals surface area contributed by atoms with E-state index in [2.05, 4.69) is 0 Å². The molecule has 0 aromatic rings. The van der Waals surface area contributed by atoms with E-state index in [9.17, 15) is 5.11 Å². The number of rotatable bonds is 4. The summed E-state index contributed by atoms with van der Waals surface area (Å²) < 4.78 is 10.6. The first-order valence-electron chi connectivity index (χ1n) is 5.34. The maximum Gasteiger partial charge on any atom is 0.0989 e. The molecule has 1 aliphatic rings. The molecule has 0 saturated carbocycles. The van der Waals surface area contributed by atoms with Crippen molar-refractivity contribution in [1.29, 1.82) is 0 Å². The smallest absolute Gasteiger partial charge is 0.0989 e. The van der Waals surface area contributed by atoms with Gasteiger partial charge in [0.2, 0.25) is 0 Å². The van der Waals surface area contributed by atoms with E-state index < -0.39 is 12.1 Å². The Balaban J connectivity index is 2.68. The molecule has 0 radical (unpaired) electrons. The second-order valence-electron chi connectivity index (χ2n) is 3.99. The van der Waals surface area contributed by atoms with Crippen molar-refractivity contribution in [2.75, 3.05) is 20.3 Å². The Bertz CT molecular complexity index is 186. The van der Waals surface area contributed by atoms with Gasteiger partial charge in [0, 0.05) is 13.0 Å². The molecule has 4 N–H and O–H groups in total. The van der Waals surface area contributed by atoms with E-state index in [4.69, 9.17) is 20.3 Å². The Labute approximate surface area is 90.2 Å². The molecule has 5 atom stereocenters. The fourth-order valence-corrected chi connectivity index (χ4v) is 2.14. The molecule has 2 unspecified atom stereocenters. The van der Waals surface area contributed by atoms with E-state index in [-0.39, 0.29) is 24.7 Å². The quantitative estimate of drug-likeness (QED) is 0.571. The fraction of sp³-hybridized carbons (Fsp3) is 1.00. The fourth-order valence-electron chi connectivity index (χ4n) is 2.14. The molecule has 0 amide bonds. The number of hydrogen-bond acceptors (Lipinski definition) is 5. The van der Waals surface area contributed by atoms with Crippen molar-refractivity contribution in [2.45, 2.75) is 37.7 Å². The number of ether oxygens (including phenoxy) is 2. The van der Waals surface area contributed by atoms with Crippen molar-refractivity contribution in [3.05, 3.63) is 0 Å². The molecule has 5 nitrogen and oxygen atoms in total. The SMILES string of the molecule is CC[C@@H]1C(CO)O[C@@H](COC)C(N)[C@@H]1O. The van der Waals surface area contributed by atoms with E-state index >= 15 is 0 Å². The van der Waals surface area contributed by atoms with Gasteiger partial charge in [0.15, 0.2) is 0 Å². The van der Waals surface area contributed by atoms with Crippen LogP contribution >= 0.6 is 0 Å². The summed E-state index contributed by atoms with van der Waals surface area (Å²) in [6.45, 7) is 2.19. The van der Waals surface area contributed by atoms with Gasteiger partial charge in [0.05, 0.1) is 37.6 Å². The van der Waals surface area contributed by atoms with Gasteiger partial charge in [-0.3, -0.25) is 0 Å². The lowest BCUT2D eigenvalue weighted by molar-refractivity contribution is -0.173. The lowest BCUT2D eigenvalue weighted by Gasteiger charge is -2.42. The maximum absolute atomic E-state index is 9.96. The number of hydrogen-bond donors (Lipinski definition) is 3. The molecule has 90 valence electrons. The lowest BCUT2D eigenvalue weighted by atomic mass is 9.84. The minimum absolute atomic E-state index is 0.0947. The summed E-state index contributed by atoms with van der Waals surface area (Å²) in [5.74, 6) is -0.0990. The van der Waals surface area contributed by atoms with Crippen molar-refractivity contribution in [2.24, 2.45) is 11.7 Å². The Morgan fingerprint density at radius 3 is 2.53 bits per heavy atom. The van der Waals surface area contributed by atoms with Crippen LogP contribution in [0, 0.1) is 5.92 Å². The highest BCUT2D eigenvalue weighted by molar-refractivity contribution is 4.93. The molecule has 0 aliphatic carbocycles. The van der Waals surface area contributed by atoms with Crippen LogP contribution in [0.1, 0.15) is 13.3 Å². The number of aliphatic hydroxyl groups is 2. The lowest BCUT2D eigenvalue weighted by Crippen LogP contribution is -2.60. The summed E-state index contributed by atoms with van der Waals surface area (Å²) in [5.41, 5.74) is 5.85. The highest BCUT2D eigenvalue weighted by Crippen LogP contribution is 2.27. The first-order valence-corrected chi connectivity index (χ1v) is 5.34. The van der Waals surface area contributed by atoms with Gasteiger partial charge in [-0.1, -0.05) is 6.92 Å². The van der Waals surface area contributed by atoms with Crippen LogP contribution in [-0.2, 0) is 9.47 Å². The van der Waals surface area contributed by atoms with Crippen molar-refractivity contribution >= 4 is 0 Å². The number of methoxy groups -OCH3 is 1. The summed E-state index contributed by atoms with van der Waals surface area (Å²) in [5, 5.41) is 19.1. The van der Waals surface area contributed by atoms with Gasteiger partial charge in [0.25, 0.3) is 0 Å². The molecule has 1 rings (SSSR count). The molecule has 1 fully saturated rings. The third-order valence-electron chi connectivity index (χ3n) is 3.07. The Hall–Kier alpha value is -0.200. The molecular formula is C10H21NO4. The van der Waals surface area contributed by atoms with Gasteiger partial charge < -0.3 is 25.4 Å². The summed E-state index contributed by atoms with van der Waals surface area (Å²) in [6.07, 6.45) is -0.587. The van der Waals surface area contributed by atoms with Crippen molar-refractivity contribution in [3.8, 4) is 0 Å². The monoisotopic (exact) mass is 219 g/mol. The van der Waals surface area contributed by atoms with Crippen molar-refractivity contribution in [3.63, 3.8) is 0 Å². The third-order valence-corrected chi connectivity index (χ3v) is 3.07. The zero-order valence-electron chi connectivity index (χ0n) is 9.30. The van der Waals surface area contributed by atoms with E-state index in [1.54, 1.807) is 7.11 Å². The molecule has 0 aromatic heterocycles. The maximum atomic E-state index is 9.96. The Kier molecular flexibility index (Phi) is 4.95. The van der Waals surface area contributed by atoms with Gasteiger partial charge in [-0.05, 0) is 6.42 Å². The molecule has 0 bridgehead atoms. The van der Waals surface area contributed by atoms with Crippen LogP contribution in [-0.4, -0.2) is 54.9 Å². The van der Waals surface area contributed by atoms with Gasteiger partial charge in [-0.15, -0.1) is 0 Å². The van der Waals surface area contributed by atoms with Crippen LogP contribution in [0.3, 0.4) is 0 Å². The average Bonchev–Trinajstić information content (AvgIpc) is 2.24. The van der Waals surface area contributed by atoms with E-state index in [0.717, 1.165) is 6.42 Å². The standard InChI is InChI=1S/C10H21NO4/c1-3-6-7(4-12)15-8(5-14-2)9(11)10(6)13/h6-10,12-13H,3-5,11H2,1-2H3/t6-,7?,8+,9?,10-/m1/s1. The minimum Gasteiger partial charge on any atom is -0.394 e. The normalized spacial score (nSPS) is 41.8. The number of nitrogens with two attached hydrogens (primary N) is 1. The van der Waals surface area contributed by atoms with Crippen LogP contribution in [0.25, 0.3) is 0 Å². The average molecular weight is 219 g/mol. The first kappa shape index (κ1) is 12.9. The van der Waals surface area contributed by atoms with Gasteiger partial charge >= 0.3 is 0 Å². The third kappa shape index (κ3) is 2.68. The van der Waals surface area contributed by atoms with E-state index in [1.807, 2.05) is 6.92 Å². The topological polar surface area (TPSA) is 84.9 Å². The van der Waals surface area contributed by atoms with Gasteiger partial charge in [-0.25, -0.2) is 0 Å². The highest BCUT2D eigenvalue weighted by atomic mass is 16.5. The summed E-state index contributed by atoms with van der Waals surface area (Å²) in [4.78, 5) is 0. The zero-order chi connectivity index (χ0) is 11.4. The summed E-state index contributed by atoms with van der Waals surface area (Å²) in [7, 11) is 1.56. The second kappa shape index (κ2) is 5.77. The van der Waals surface area contributed by atoms with Crippen LogP contribution in [0.5, 0.6) is 0 Å². The molecule has 1 saturated heterocycles. The molecular weight excluding hydrogens is 198 g/mol. The largest absolute Gasteiger partial charge is 0.394 e. The van der Waals surface area contributed by atoms with E-state index in [0.29, 0.717) is 6.61 Å². The van der Waals surface area contributed by atoms with Crippen molar-refractivity contribution in [1.82, 2.24) is 0 Å². The Morgan fingerprint density at radius 2 is 2.07 bits per heavy atom. The minimum atomic E-state index is -0.638. The van der Waals surface area contributed by atoms with Crippen molar-refractivity contribution < 1.29 is 19.7 Å². The molecule has 0 spiro atoms. The molecule has 1 aliphatic heterocycles. The van der Waals surface area contributed by atoms with E-state index in [1.165, 1.54) is 0 Å². The van der Waals surface area contributed by atoms with Gasteiger partial charge in [-0.2, -0.15) is 0 Å². The predicted molar refractivity (Wildman–Crippen MR) is 55.4 cm³/mol. The molecule has 5 heteroatoms. The summed E-state index contributed by atoms with van der Waals surface area (Å²) in [6, 6.07) is -0.447. The number of aliphatic hydroxyl groups excluding tert-OH is 2. The summed E-state index contributed by atoms with van der Waals surface area (Å²) >= 11 is 0. The van der Waals surface area contributed by atoms with Crippen LogP contribution in [0.4, 0.5) is 0 Å². The van der Waals surface area contributed by atoms with Crippen LogP contribution < -0.4 is 5.73 Å².